The molecule has 1 heterocycles. The number of ether oxygens (including phenoxy) is 9. The molecule has 1 aromatic rings. The molecule has 2 rings (SSSR count). The molecule has 0 aromatic heterocycles. The van der Waals surface area contributed by atoms with Crippen molar-refractivity contribution in [3.8, 4) is 5.75 Å². The predicted octanol–water partition coefficient (Wildman–Crippen LogP) is 15.2. The maximum atomic E-state index is 14.3. The van der Waals surface area contributed by atoms with Crippen molar-refractivity contribution in [1.29, 1.82) is 0 Å². The fraction of sp³-hybridized carbons (Fsp3) is 0.877. The van der Waals surface area contributed by atoms with E-state index in [9.17, 15) is 9.59 Å². The number of hydrogen-bond acceptors (Lipinski definition) is 11. The van der Waals surface area contributed by atoms with E-state index < -0.39 is 42.9 Å². The molecule has 1 fully saturated rings. The minimum absolute atomic E-state index is 0.0146. The van der Waals surface area contributed by atoms with Crippen LogP contribution in [0, 0.1) is 0 Å². The fourth-order valence-corrected chi connectivity index (χ4v) is 9.87. The SMILES string of the molecule is CCCCCCCCCCCCCC[C@@H](OCCCC)[C@@H](OCCCC)[C@H](CO[C@H]1OC(COCCCC)[C@H](OCCCC)[C@H](OCCCC)C1OCCCC)NC(=O)CCCCCCCCNC(=O)c1ccc(OC)cc1. The monoisotopic (exact) mass is 1100 g/mol. The molecule has 1 saturated heterocycles. The lowest BCUT2D eigenvalue weighted by Crippen LogP contribution is -2.63. The van der Waals surface area contributed by atoms with Crippen molar-refractivity contribution in [2.75, 3.05) is 66.5 Å². The van der Waals surface area contributed by atoms with Gasteiger partial charge in [0.05, 0.1) is 32.5 Å². The molecule has 13 nitrogen and oxygen atoms in total. The van der Waals surface area contributed by atoms with Gasteiger partial charge in [-0.3, -0.25) is 9.59 Å². The molecule has 456 valence electrons. The second kappa shape index (κ2) is 50.4. The second-order valence-electron chi connectivity index (χ2n) is 22.0. The molecule has 1 aromatic carbocycles. The van der Waals surface area contributed by atoms with Gasteiger partial charge in [0, 0.05) is 58.2 Å². The summed E-state index contributed by atoms with van der Waals surface area (Å²) in [5.41, 5.74) is 0.628. The number of carbonyl (C=O) groups is 2. The molecule has 0 saturated carbocycles. The van der Waals surface area contributed by atoms with Crippen molar-refractivity contribution in [3.63, 3.8) is 0 Å². The van der Waals surface area contributed by atoms with E-state index in [0.29, 0.717) is 64.8 Å². The summed E-state index contributed by atoms with van der Waals surface area (Å²) < 4.78 is 59.7. The molecule has 2 N–H and O–H groups in total. The van der Waals surface area contributed by atoms with Crippen LogP contribution in [0.4, 0.5) is 0 Å². The molecule has 1 aliphatic heterocycles. The molecule has 0 aliphatic carbocycles. The minimum atomic E-state index is -0.804. The molecule has 2 unspecified atom stereocenters. The Labute approximate surface area is 477 Å². The second-order valence-corrected chi connectivity index (χ2v) is 22.0. The average molecular weight is 1110 g/mol. The van der Waals surface area contributed by atoms with Gasteiger partial charge in [0.15, 0.2) is 6.29 Å². The lowest BCUT2D eigenvalue weighted by atomic mass is 9.97. The number of nitrogens with one attached hydrogen (secondary N) is 2. The number of amides is 2. The van der Waals surface area contributed by atoms with Crippen molar-refractivity contribution < 1.29 is 52.2 Å². The standard InChI is InChI=1S/C65H120N2O11/c1-9-16-23-24-25-26-27-28-29-30-33-36-39-57(72-47-18-11-3)60(73-48-19-12-4)56(67-59(68)40-37-34-31-32-35-38-45-66-64(69)54-41-43-55(70-8)44-42-54)52-77-65-63(76-51-22-15-7)62(75-50-21-14-6)61(74-49-20-13-5)58(78-65)53-71-46-17-10-2/h41-44,56-58,60-63,65H,9-40,45-53H2,1-8H3,(H,66,69)(H,67,68)/t56-,57+,58?,60-,61-,62-,63?,65-/m0/s1. The van der Waals surface area contributed by atoms with Gasteiger partial charge in [-0.15, -0.1) is 0 Å². The van der Waals surface area contributed by atoms with Gasteiger partial charge in [-0.05, 0) is 82.1 Å². The van der Waals surface area contributed by atoms with E-state index in [0.717, 1.165) is 141 Å². The van der Waals surface area contributed by atoms with Crippen molar-refractivity contribution in [2.45, 2.75) is 303 Å². The number of carbonyl (C=O) groups excluding carboxylic acids is 2. The van der Waals surface area contributed by atoms with E-state index in [2.05, 4.69) is 59.1 Å². The molecule has 1 aliphatic rings. The number of hydrogen-bond donors (Lipinski definition) is 2. The van der Waals surface area contributed by atoms with Crippen LogP contribution in [0.1, 0.15) is 264 Å². The summed E-state index contributed by atoms with van der Waals surface area (Å²) in [7, 11) is 1.62. The molecule has 2 amide bonds. The third-order valence-electron chi connectivity index (χ3n) is 14.9. The highest BCUT2D eigenvalue weighted by molar-refractivity contribution is 5.94. The zero-order valence-corrected chi connectivity index (χ0v) is 51.4. The normalized spacial score (nSPS) is 18.7. The maximum absolute atomic E-state index is 14.3. The topological polar surface area (TPSA) is 141 Å². The van der Waals surface area contributed by atoms with Gasteiger partial charge in [-0.1, -0.05) is 190 Å². The van der Waals surface area contributed by atoms with Gasteiger partial charge in [-0.2, -0.15) is 0 Å². The third-order valence-corrected chi connectivity index (χ3v) is 14.9. The van der Waals surface area contributed by atoms with Crippen LogP contribution in [0.3, 0.4) is 0 Å². The molecule has 13 heteroatoms. The zero-order valence-electron chi connectivity index (χ0n) is 51.4. The number of unbranched alkanes of at least 4 members (excludes halogenated alkanes) is 22. The Bertz CT molecular complexity index is 1510. The highest BCUT2D eigenvalue weighted by Crippen LogP contribution is 2.31. The van der Waals surface area contributed by atoms with E-state index in [4.69, 9.17) is 42.6 Å². The highest BCUT2D eigenvalue weighted by atomic mass is 16.7. The summed E-state index contributed by atoms with van der Waals surface area (Å²) in [5.74, 6) is 0.644. The first-order chi connectivity index (χ1) is 38.3. The Morgan fingerprint density at radius 2 is 1.00 bits per heavy atom. The maximum Gasteiger partial charge on any atom is 0.251 e. The summed E-state index contributed by atoms with van der Waals surface area (Å²) in [6.45, 7) is 20.0. The van der Waals surface area contributed by atoms with E-state index >= 15 is 0 Å². The molecule has 78 heavy (non-hydrogen) atoms. The van der Waals surface area contributed by atoms with E-state index in [1.165, 1.54) is 64.2 Å². The fourth-order valence-electron chi connectivity index (χ4n) is 9.87. The molecular formula is C65H120N2O11. The summed E-state index contributed by atoms with van der Waals surface area (Å²) >= 11 is 0. The Hall–Kier alpha value is -2.36. The minimum Gasteiger partial charge on any atom is -0.497 e. The van der Waals surface area contributed by atoms with Gasteiger partial charge < -0.3 is 53.3 Å². The van der Waals surface area contributed by atoms with Gasteiger partial charge in [-0.25, -0.2) is 0 Å². The van der Waals surface area contributed by atoms with Crippen LogP contribution in [0.25, 0.3) is 0 Å². The van der Waals surface area contributed by atoms with Gasteiger partial charge in [0.1, 0.15) is 36.3 Å². The van der Waals surface area contributed by atoms with Gasteiger partial charge >= 0.3 is 0 Å². The quantitative estimate of drug-likeness (QED) is 0.0602. The van der Waals surface area contributed by atoms with Crippen LogP contribution >= 0.6 is 0 Å². The summed E-state index contributed by atoms with van der Waals surface area (Å²) in [6, 6.07) is 6.66. The van der Waals surface area contributed by atoms with Crippen LogP contribution in [0.2, 0.25) is 0 Å². The molecule has 0 bridgehead atoms. The molecular weight excluding hydrogens is 985 g/mol. The van der Waals surface area contributed by atoms with E-state index in [-0.39, 0.29) is 24.5 Å². The van der Waals surface area contributed by atoms with Crippen molar-refractivity contribution in [2.24, 2.45) is 0 Å². The Kier molecular flexibility index (Phi) is 46.3. The molecule has 0 spiro atoms. The Morgan fingerprint density at radius 3 is 1.58 bits per heavy atom. The predicted molar refractivity (Wildman–Crippen MR) is 319 cm³/mol. The van der Waals surface area contributed by atoms with E-state index in [1.54, 1.807) is 31.4 Å². The van der Waals surface area contributed by atoms with Crippen molar-refractivity contribution in [3.05, 3.63) is 29.8 Å². The summed E-state index contributed by atoms with van der Waals surface area (Å²) in [4.78, 5) is 26.9. The molecule has 0 radical (unpaired) electrons. The Balaban J connectivity index is 2.36. The average Bonchev–Trinajstić information content (AvgIpc) is 3.47. The first-order valence-electron chi connectivity index (χ1n) is 32.5. The molecule has 8 atom stereocenters. The van der Waals surface area contributed by atoms with Gasteiger partial charge in [0.2, 0.25) is 5.91 Å². The van der Waals surface area contributed by atoms with Gasteiger partial charge in [0.25, 0.3) is 5.91 Å². The number of methoxy groups -OCH3 is 1. The van der Waals surface area contributed by atoms with Crippen LogP contribution in [0.5, 0.6) is 5.75 Å². The van der Waals surface area contributed by atoms with Crippen molar-refractivity contribution in [1.82, 2.24) is 10.6 Å². The first-order valence-corrected chi connectivity index (χ1v) is 32.5. The number of benzene rings is 1. The van der Waals surface area contributed by atoms with E-state index in [1.807, 2.05) is 0 Å². The highest BCUT2D eigenvalue weighted by Gasteiger charge is 2.49. The third kappa shape index (κ3) is 33.5. The smallest absolute Gasteiger partial charge is 0.251 e. The zero-order chi connectivity index (χ0) is 56.5. The van der Waals surface area contributed by atoms with Crippen LogP contribution in [0.15, 0.2) is 24.3 Å². The Morgan fingerprint density at radius 1 is 0.513 bits per heavy atom. The van der Waals surface area contributed by atoms with Crippen molar-refractivity contribution >= 4 is 11.8 Å². The first kappa shape index (κ1) is 71.7. The number of rotatable bonds is 55. The van der Waals surface area contributed by atoms with Crippen LogP contribution < -0.4 is 15.4 Å². The lowest BCUT2D eigenvalue weighted by Gasteiger charge is -2.46. The lowest BCUT2D eigenvalue weighted by molar-refractivity contribution is -0.325. The van der Waals surface area contributed by atoms with Crippen LogP contribution in [-0.4, -0.2) is 127 Å². The van der Waals surface area contributed by atoms with Crippen LogP contribution in [-0.2, 0) is 42.7 Å². The summed E-state index contributed by atoms with van der Waals surface area (Å²) in [5, 5.41) is 6.52. The summed E-state index contributed by atoms with van der Waals surface area (Å²) in [6.07, 6.45) is 30.7. The largest absolute Gasteiger partial charge is 0.497 e.